The molecule has 0 spiro atoms. The minimum absolute atomic E-state index is 0. The first-order chi connectivity index (χ1) is 6.21. The van der Waals surface area contributed by atoms with E-state index in [9.17, 15) is 26.3 Å². The largest absolute Gasteiger partial charge is 0.416 e. The Morgan fingerprint density at radius 3 is 1.80 bits per heavy atom. The third kappa shape index (κ3) is 3.82. The van der Waals surface area contributed by atoms with Crippen molar-refractivity contribution in [2.75, 3.05) is 0 Å². The molecule has 7 heteroatoms. The molecule has 0 aromatic heterocycles. The number of allylic oxidation sites excluding steroid dienone is 3. The number of hydrogen-bond acceptors (Lipinski definition) is 0. The van der Waals surface area contributed by atoms with Crippen LogP contribution in [0.15, 0.2) is 29.5 Å². The number of rotatable bonds is 0. The Hall–Kier alpha value is -0.563. The van der Waals surface area contributed by atoms with Gasteiger partial charge in [0.1, 0.15) is 5.92 Å². The van der Waals surface area contributed by atoms with Gasteiger partial charge in [-0.15, -0.1) is 5.73 Å². The van der Waals surface area contributed by atoms with Gasteiger partial charge in [-0.25, -0.2) is 0 Å². The molecular weight excluding hydrogens is 217 g/mol. The summed E-state index contributed by atoms with van der Waals surface area (Å²) < 4.78 is 71.8. The van der Waals surface area contributed by atoms with Gasteiger partial charge in [0.05, 0.1) is 5.57 Å². The molecule has 0 aromatic carbocycles. The van der Waals surface area contributed by atoms with Crippen LogP contribution in [0.5, 0.6) is 0 Å². The van der Waals surface area contributed by atoms with Gasteiger partial charge >= 0.3 is 12.4 Å². The molecule has 0 atom stereocenters. The van der Waals surface area contributed by atoms with Crippen molar-refractivity contribution < 1.29 is 26.3 Å². The fourth-order valence-corrected chi connectivity index (χ4v) is 0.799. The Bertz CT molecular complexity index is 315. The summed E-state index contributed by atoms with van der Waals surface area (Å²) in [5.41, 5.74) is 0.448. The molecule has 0 N–H and O–H groups in total. The van der Waals surface area contributed by atoms with Crippen molar-refractivity contribution in [3.63, 3.8) is 0 Å². The normalized spacial score (nSPS) is 17.3. The Morgan fingerprint density at radius 2 is 1.40 bits per heavy atom. The van der Waals surface area contributed by atoms with E-state index < -0.39 is 23.8 Å². The van der Waals surface area contributed by atoms with Crippen LogP contribution in [0.1, 0.15) is 0 Å². The van der Waals surface area contributed by atoms with Crippen LogP contribution in [-0.2, 0) is 0 Å². The van der Waals surface area contributed by atoms with Crippen LogP contribution < -0.4 is 0 Å². The number of halogens is 6. The molecule has 2 radical (unpaired) electrons. The standard InChI is InChI=1S/C8H3F6.Li/c9-7(10,11)5-2-1-3-6(4-5)8(12,13)14;/h2-4H;. The van der Waals surface area contributed by atoms with E-state index in [0.29, 0.717) is 12.2 Å². The molecule has 0 unspecified atom stereocenters. The van der Waals surface area contributed by atoms with Crippen molar-refractivity contribution in [1.82, 2.24) is 0 Å². The van der Waals surface area contributed by atoms with Crippen molar-refractivity contribution in [2.45, 2.75) is 12.4 Å². The molecule has 0 fully saturated rings. The zero-order chi connectivity index (χ0) is 11.0. The van der Waals surface area contributed by atoms with Crippen LogP contribution in [0.4, 0.5) is 26.3 Å². The van der Waals surface area contributed by atoms with E-state index in [0.717, 1.165) is 0 Å². The molecule has 0 amide bonds. The van der Waals surface area contributed by atoms with Crippen LogP contribution in [0.25, 0.3) is 0 Å². The quantitative estimate of drug-likeness (QED) is 0.334. The van der Waals surface area contributed by atoms with Crippen molar-refractivity contribution >= 4 is 18.9 Å². The zero-order valence-electron chi connectivity index (χ0n) is 7.50. The van der Waals surface area contributed by atoms with Gasteiger partial charge in [-0.05, 0) is 12.2 Å². The van der Waals surface area contributed by atoms with Crippen molar-refractivity contribution in [3.05, 3.63) is 35.5 Å². The molecule has 1 rings (SSSR count). The van der Waals surface area contributed by atoms with Crippen LogP contribution in [0.2, 0.25) is 0 Å². The first kappa shape index (κ1) is 14.4. The summed E-state index contributed by atoms with van der Waals surface area (Å²) in [6.45, 7) is 0. The van der Waals surface area contributed by atoms with E-state index in [2.05, 4.69) is 0 Å². The molecule has 0 nitrogen and oxygen atoms in total. The first-order valence-electron chi connectivity index (χ1n) is 3.37. The van der Waals surface area contributed by atoms with Crippen LogP contribution in [0.3, 0.4) is 0 Å². The van der Waals surface area contributed by atoms with Gasteiger partial charge in [-0.3, -0.25) is 0 Å². The van der Waals surface area contributed by atoms with Gasteiger partial charge in [-0.2, -0.15) is 26.3 Å². The van der Waals surface area contributed by atoms with Gasteiger partial charge in [0.15, 0.2) is 0 Å². The fraction of sp³-hybridized carbons (Fsp3) is 0.250. The summed E-state index contributed by atoms with van der Waals surface area (Å²) in [6.07, 6.45) is -8.57. The molecule has 0 heterocycles. The molecular formula is C8H3F6Li. The maximum atomic E-state index is 12.0. The molecule has 0 aromatic rings. The smallest absolute Gasteiger partial charge is 0.170 e. The molecule has 0 bridgehead atoms. The van der Waals surface area contributed by atoms with Crippen molar-refractivity contribution in [2.24, 2.45) is 0 Å². The molecule has 1 aliphatic rings. The fourth-order valence-electron chi connectivity index (χ4n) is 0.799. The number of alkyl halides is 6. The predicted molar refractivity (Wildman–Crippen MR) is 41.8 cm³/mol. The van der Waals surface area contributed by atoms with E-state index in [1.807, 2.05) is 0 Å². The maximum Gasteiger partial charge on any atom is 0.416 e. The second-order valence-corrected chi connectivity index (χ2v) is 2.51. The molecule has 1 aliphatic carbocycles. The van der Waals surface area contributed by atoms with Crippen LogP contribution >= 0.6 is 0 Å². The topological polar surface area (TPSA) is 0 Å². The Kier molecular flexibility index (Phi) is 4.35. The van der Waals surface area contributed by atoms with Gasteiger partial charge in [0, 0.05) is 18.9 Å². The predicted octanol–water partition coefficient (Wildman–Crippen LogP) is 2.96. The molecule has 0 saturated heterocycles. The van der Waals surface area contributed by atoms with E-state index in [1.165, 1.54) is 0 Å². The van der Waals surface area contributed by atoms with Crippen molar-refractivity contribution in [1.29, 1.82) is 0 Å². The summed E-state index contributed by atoms with van der Waals surface area (Å²) in [5, 5.41) is 0. The second-order valence-electron chi connectivity index (χ2n) is 2.51. The Balaban J connectivity index is 0.00000196. The third-order valence-electron chi connectivity index (χ3n) is 1.44. The summed E-state index contributed by atoms with van der Waals surface area (Å²) in [5.74, 6) is -1.35. The van der Waals surface area contributed by atoms with Gasteiger partial charge in [0.25, 0.3) is 0 Å². The van der Waals surface area contributed by atoms with Gasteiger partial charge in [-0.1, -0.05) is 6.08 Å². The van der Waals surface area contributed by atoms with E-state index in [-0.39, 0.29) is 24.9 Å². The average Bonchev–Trinajstić information content (AvgIpc) is 2.01. The van der Waals surface area contributed by atoms with E-state index in [4.69, 9.17) is 0 Å². The summed E-state index contributed by atoms with van der Waals surface area (Å²) >= 11 is 0. The van der Waals surface area contributed by atoms with Gasteiger partial charge < -0.3 is 0 Å². The van der Waals surface area contributed by atoms with Crippen LogP contribution in [0, 0.1) is 5.92 Å². The Morgan fingerprint density at radius 1 is 0.867 bits per heavy atom. The monoisotopic (exact) mass is 220 g/mol. The second kappa shape index (κ2) is 4.52. The zero-order valence-corrected chi connectivity index (χ0v) is 7.50. The van der Waals surface area contributed by atoms with Crippen molar-refractivity contribution in [3.8, 4) is 0 Å². The van der Waals surface area contributed by atoms with E-state index in [1.54, 1.807) is 5.73 Å². The van der Waals surface area contributed by atoms with Crippen LogP contribution in [-0.4, -0.2) is 31.2 Å². The summed E-state index contributed by atoms with van der Waals surface area (Å²) in [4.78, 5) is 0. The minimum Gasteiger partial charge on any atom is -0.170 e. The molecule has 0 aliphatic heterocycles. The third-order valence-corrected chi connectivity index (χ3v) is 1.44. The molecule has 78 valence electrons. The van der Waals surface area contributed by atoms with E-state index >= 15 is 0 Å². The summed E-state index contributed by atoms with van der Waals surface area (Å²) in [7, 11) is 0. The molecule has 0 saturated carbocycles. The maximum absolute atomic E-state index is 12.0. The van der Waals surface area contributed by atoms with Gasteiger partial charge in [0.2, 0.25) is 0 Å². The first-order valence-corrected chi connectivity index (χ1v) is 3.37. The minimum atomic E-state index is -4.78. The Labute approximate surface area is 93.5 Å². The summed E-state index contributed by atoms with van der Waals surface area (Å²) in [6, 6.07) is 0. The SMILES string of the molecule is FC(F)(F)[C]1C=C=CC(C(F)(F)F)=C1.[Li]. The molecule has 15 heavy (non-hydrogen) atoms. The number of hydrogen-bond donors (Lipinski definition) is 0. The average molecular weight is 220 g/mol.